The molecule has 0 saturated heterocycles. The maximum atomic E-state index is 11.7. The van der Waals surface area contributed by atoms with Crippen molar-refractivity contribution < 1.29 is 9.72 Å². The van der Waals surface area contributed by atoms with Crippen molar-refractivity contribution in [3.63, 3.8) is 0 Å². The van der Waals surface area contributed by atoms with Crippen molar-refractivity contribution in [2.75, 3.05) is 6.54 Å². The Bertz CT molecular complexity index is 450. The van der Waals surface area contributed by atoms with Crippen LogP contribution < -0.4 is 11.1 Å². The van der Waals surface area contributed by atoms with Crippen LogP contribution in [0.1, 0.15) is 17.3 Å². The maximum Gasteiger partial charge on any atom is 0.271 e. The molecule has 17 heavy (non-hydrogen) atoms. The number of benzene rings is 1. The molecule has 1 atom stereocenters. The number of halogens is 1. The highest BCUT2D eigenvalue weighted by Crippen LogP contribution is 2.21. The molecule has 1 unspecified atom stereocenters. The molecule has 7 heteroatoms. The number of rotatable bonds is 4. The zero-order valence-electron chi connectivity index (χ0n) is 9.14. The molecule has 0 aromatic heterocycles. The van der Waals surface area contributed by atoms with Gasteiger partial charge >= 0.3 is 0 Å². The van der Waals surface area contributed by atoms with E-state index in [1.54, 1.807) is 6.92 Å². The molecule has 0 aliphatic rings. The first-order valence-electron chi connectivity index (χ1n) is 4.90. The summed E-state index contributed by atoms with van der Waals surface area (Å²) in [5.74, 6) is -0.382. The van der Waals surface area contributed by atoms with Gasteiger partial charge in [0, 0.05) is 34.8 Å². The van der Waals surface area contributed by atoms with E-state index in [0.717, 1.165) is 0 Å². The summed E-state index contributed by atoms with van der Waals surface area (Å²) in [6, 6.07) is 3.90. The number of hydrogen-bond donors (Lipinski definition) is 2. The summed E-state index contributed by atoms with van der Waals surface area (Å²) in [7, 11) is 0. The predicted octanol–water partition coefficient (Wildman–Crippen LogP) is 1.43. The zero-order valence-corrected chi connectivity index (χ0v) is 10.7. The van der Waals surface area contributed by atoms with E-state index in [4.69, 9.17) is 5.73 Å². The standard InChI is InChI=1S/C10H12BrN3O3/c1-6(5-12)13-10(15)7-2-8(11)4-9(3-7)14(16)17/h2-4,6H,5,12H2,1H3,(H,13,15). The van der Waals surface area contributed by atoms with Crippen LogP contribution in [0.15, 0.2) is 22.7 Å². The fourth-order valence-electron chi connectivity index (χ4n) is 1.18. The average molecular weight is 302 g/mol. The van der Waals surface area contributed by atoms with Gasteiger partial charge in [0.05, 0.1) is 4.92 Å². The van der Waals surface area contributed by atoms with Crippen LogP contribution >= 0.6 is 15.9 Å². The van der Waals surface area contributed by atoms with Crippen molar-refractivity contribution in [1.82, 2.24) is 5.32 Å². The molecule has 0 fully saturated rings. The van der Waals surface area contributed by atoms with Crippen LogP contribution in [0.2, 0.25) is 0 Å². The van der Waals surface area contributed by atoms with Crippen molar-refractivity contribution in [2.24, 2.45) is 5.73 Å². The van der Waals surface area contributed by atoms with E-state index in [1.165, 1.54) is 18.2 Å². The molecule has 6 nitrogen and oxygen atoms in total. The van der Waals surface area contributed by atoms with Gasteiger partial charge in [0.25, 0.3) is 11.6 Å². The minimum Gasteiger partial charge on any atom is -0.348 e. The minimum absolute atomic E-state index is 0.134. The molecule has 0 aliphatic carbocycles. The fraction of sp³-hybridized carbons (Fsp3) is 0.300. The highest BCUT2D eigenvalue weighted by Gasteiger charge is 2.14. The molecule has 0 spiro atoms. The van der Waals surface area contributed by atoms with Crippen LogP contribution in [-0.2, 0) is 0 Å². The number of nitrogens with one attached hydrogen (secondary N) is 1. The summed E-state index contributed by atoms with van der Waals surface area (Å²) in [6.45, 7) is 2.06. The number of nitrogens with zero attached hydrogens (tertiary/aromatic N) is 1. The van der Waals surface area contributed by atoms with Gasteiger partial charge in [-0.1, -0.05) is 15.9 Å². The van der Waals surface area contributed by atoms with E-state index in [9.17, 15) is 14.9 Å². The van der Waals surface area contributed by atoms with Crippen molar-refractivity contribution in [2.45, 2.75) is 13.0 Å². The first-order chi connectivity index (χ1) is 7.93. The third kappa shape index (κ3) is 3.79. The largest absolute Gasteiger partial charge is 0.348 e. The molecule has 3 N–H and O–H groups in total. The van der Waals surface area contributed by atoms with E-state index < -0.39 is 4.92 Å². The zero-order chi connectivity index (χ0) is 13.0. The summed E-state index contributed by atoms with van der Waals surface area (Å²) in [4.78, 5) is 21.8. The molecule has 1 amide bonds. The summed E-state index contributed by atoms with van der Waals surface area (Å²) >= 11 is 3.12. The first-order valence-corrected chi connectivity index (χ1v) is 5.69. The van der Waals surface area contributed by atoms with Gasteiger partial charge < -0.3 is 11.1 Å². The SMILES string of the molecule is CC(CN)NC(=O)c1cc(Br)cc([N+](=O)[O-])c1. The number of non-ortho nitro benzene ring substituents is 1. The van der Waals surface area contributed by atoms with Crippen LogP contribution in [-0.4, -0.2) is 23.4 Å². The van der Waals surface area contributed by atoms with Gasteiger partial charge in [-0.2, -0.15) is 0 Å². The topological polar surface area (TPSA) is 98.3 Å². The van der Waals surface area contributed by atoms with E-state index >= 15 is 0 Å². The number of hydrogen-bond acceptors (Lipinski definition) is 4. The normalized spacial score (nSPS) is 11.9. The molecule has 0 radical (unpaired) electrons. The first kappa shape index (κ1) is 13.6. The molecule has 0 aliphatic heterocycles. The highest BCUT2D eigenvalue weighted by molar-refractivity contribution is 9.10. The Balaban J connectivity index is 2.97. The Labute approximate surface area is 106 Å². The van der Waals surface area contributed by atoms with Crippen molar-refractivity contribution in [3.8, 4) is 0 Å². The number of carbonyl (C=O) groups is 1. The highest BCUT2D eigenvalue weighted by atomic mass is 79.9. The summed E-state index contributed by atoms with van der Waals surface area (Å²) in [5, 5.41) is 13.3. The smallest absolute Gasteiger partial charge is 0.271 e. The molecule has 0 saturated carbocycles. The van der Waals surface area contributed by atoms with E-state index in [1.807, 2.05) is 0 Å². The quantitative estimate of drug-likeness (QED) is 0.649. The Morgan fingerprint density at radius 3 is 2.76 bits per heavy atom. The van der Waals surface area contributed by atoms with E-state index in [0.29, 0.717) is 11.0 Å². The molecular weight excluding hydrogens is 290 g/mol. The lowest BCUT2D eigenvalue weighted by Crippen LogP contribution is -2.37. The van der Waals surface area contributed by atoms with Gasteiger partial charge in [0.15, 0.2) is 0 Å². The van der Waals surface area contributed by atoms with Crippen LogP contribution in [0.25, 0.3) is 0 Å². The van der Waals surface area contributed by atoms with Crippen LogP contribution in [0.4, 0.5) is 5.69 Å². The number of carbonyl (C=O) groups excluding carboxylic acids is 1. The third-order valence-electron chi connectivity index (χ3n) is 2.09. The van der Waals surface area contributed by atoms with Gasteiger partial charge in [-0.05, 0) is 13.0 Å². The van der Waals surface area contributed by atoms with Crippen LogP contribution in [0, 0.1) is 10.1 Å². The maximum absolute atomic E-state index is 11.7. The molecule has 0 heterocycles. The summed E-state index contributed by atoms with van der Waals surface area (Å²) < 4.78 is 0.484. The molecule has 0 bridgehead atoms. The van der Waals surface area contributed by atoms with Crippen molar-refractivity contribution in [3.05, 3.63) is 38.3 Å². The molecule has 1 aromatic rings. The lowest BCUT2D eigenvalue weighted by atomic mass is 10.2. The second-order valence-corrected chi connectivity index (χ2v) is 4.48. The van der Waals surface area contributed by atoms with Gasteiger partial charge in [-0.3, -0.25) is 14.9 Å². The predicted molar refractivity (Wildman–Crippen MR) is 66.8 cm³/mol. The lowest BCUT2D eigenvalue weighted by molar-refractivity contribution is -0.385. The Morgan fingerprint density at radius 2 is 2.24 bits per heavy atom. The monoisotopic (exact) mass is 301 g/mol. The molecular formula is C10H12BrN3O3. The number of nitrogens with two attached hydrogens (primary N) is 1. The molecule has 1 rings (SSSR count). The van der Waals surface area contributed by atoms with Gasteiger partial charge in [-0.25, -0.2) is 0 Å². The van der Waals surface area contributed by atoms with E-state index in [-0.39, 0.29) is 23.2 Å². The summed E-state index contributed by atoms with van der Waals surface area (Å²) in [6.07, 6.45) is 0. The fourth-order valence-corrected chi connectivity index (χ4v) is 1.66. The molecule has 1 aromatic carbocycles. The van der Waals surface area contributed by atoms with Gasteiger partial charge in [-0.15, -0.1) is 0 Å². The minimum atomic E-state index is -0.548. The third-order valence-corrected chi connectivity index (χ3v) is 2.54. The Hall–Kier alpha value is -1.47. The number of amides is 1. The second kappa shape index (κ2) is 5.74. The average Bonchev–Trinajstić information content (AvgIpc) is 2.27. The van der Waals surface area contributed by atoms with Crippen LogP contribution in [0.5, 0.6) is 0 Å². The van der Waals surface area contributed by atoms with E-state index in [2.05, 4.69) is 21.2 Å². The van der Waals surface area contributed by atoms with Crippen LogP contribution in [0.3, 0.4) is 0 Å². The lowest BCUT2D eigenvalue weighted by Gasteiger charge is -2.11. The van der Waals surface area contributed by atoms with Gasteiger partial charge in [0.1, 0.15) is 0 Å². The second-order valence-electron chi connectivity index (χ2n) is 3.57. The Kier molecular flexibility index (Phi) is 4.59. The van der Waals surface area contributed by atoms with Crippen molar-refractivity contribution in [1.29, 1.82) is 0 Å². The number of nitro groups is 1. The van der Waals surface area contributed by atoms with Gasteiger partial charge in [0.2, 0.25) is 0 Å². The van der Waals surface area contributed by atoms with Crippen molar-refractivity contribution >= 4 is 27.5 Å². The Morgan fingerprint density at radius 1 is 1.59 bits per heavy atom. The number of nitro benzene ring substituents is 1. The summed E-state index contributed by atoms with van der Waals surface area (Å²) in [5.41, 5.74) is 5.47. The molecule has 92 valence electrons.